The lowest BCUT2D eigenvalue weighted by molar-refractivity contribution is -0.114. The zero-order valence-corrected chi connectivity index (χ0v) is 11.0. The number of hydrogen-bond donors (Lipinski definition) is 1. The SMILES string of the molecule is CC(=O)Nc1ccc(OC2CCN(C)CC2)cc1. The Labute approximate surface area is 108 Å². The maximum atomic E-state index is 10.9. The molecule has 1 aromatic rings. The number of carbonyl (C=O) groups is 1. The second-order valence-electron chi connectivity index (χ2n) is 4.83. The standard InChI is InChI=1S/C14H20N2O2/c1-11(17)15-12-3-5-13(6-4-12)18-14-7-9-16(2)10-8-14/h3-6,14H,7-10H2,1-2H3,(H,15,17). The average Bonchev–Trinajstić information content (AvgIpc) is 2.34. The van der Waals surface area contributed by atoms with Gasteiger partial charge < -0.3 is 15.0 Å². The van der Waals surface area contributed by atoms with Gasteiger partial charge in [-0.1, -0.05) is 0 Å². The molecule has 1 saturated heterocycles. The Hall–Kier alpha value is -1.55. The summed E-state index contributed by atoms with van der Waals surface area (Å²) in [4.78, 5) is 13.2. The van der Waals surface area contributed by atoms with Crippen LogP contribution >= 0.6 is 0 Å². The minimum absolute atomic E-state index is 0.0565. The Morgan fingerprint density at radius 2 is 1.89 bits per heavy atom. The zero-order valence-electron chi connectivity index (χ0n) is 11.0. The number of benzene rings is 1. The highest BCUT2D eigenvalue weighted by Gasteiger charge is 2.17. The number of carbonyl (C=O) groups excluding carboxylic acids is 1. The number of amides is 1. The van der Waals surface area contributed by atoms with Gasteiger partial charge in [0.15, 0.2) is 0 Å². The monoisotopic (exact) mass is 248 g/mol. The van der Waals surface area contributed by atoms with E-state index < -0.39 is 0 Å². The molecule has 0 aliphatic carbocycles. The summed E-state index contributed by atoms with van der Waals surface area (Å²) >= 11 is 0. The van der Waals surface area contributed by atoms with E-state index in [-0.39, 0.29) is 5.91 Å². The molecule has 0 unspecified atom stereocenters. The predicted molar refractivity (Wildman–Crippen MR) is 71.9 cm³/mol. The fraction of sp³-hybridized carbons (Fsp3) is 0.500. The van der Waals surface area contributed by atoms with Gasteiger partial charge in [0, 0.05) is 25.7 Å². The lowest BCUT2D eigenvalue weighted by atomic mass is 10.1. The number of likely N-dealkylation sites (tertiary alicyclic amines) is 1. The number of anilines is 1. The molecule has 1 aliphatic heterocycles. The van der Waals surface area contributed by atoms with E-state index in [0.29, 0.717) is 6.10 Å². The molecule has 0 aromatic heterocycles. The van der Waals surface area contributed by atoms with Crippen molar-refractivity contribution in [2.24, 2.45) is 0 Å². The summed E-state index contributed by atoms with van der Waals surface area (Å²) in [5.74, 6) is 0.817. The van der Waals surface area contributed by atoms with Gasteiger partial charge in [0.25, 0.3) is 0 Å². The van der Waals surface area contributed by atoms with Crippen molar-refractivity contribution in [3.63, 3.8) is 0 Å². The first-order valence-electron chi connectivity index (χ1n) is 6.36. The molecule has 98 valence electrons. The Morgan fingerprint density at radius 3 is 2.44 bits per heavy atom. The number of hydrogen-bond acceptors (Lipinski definition) is 3. The van der Waals surface area contributed by atoms with Crippen molar-refractivity contribution in [1.29, 1.82) is 0 Å². The molecular weight excluding hydrogens is 228 g/mol. The van der Waals surface area contributed by atoms with Gasteiger partial charge in [-0.15, -0.1) is 0 Å². The minimum atomic E-state index is -0.0565. The molecule has 1 N–H and O–H groups in total. The Kier molecular flexibility index (Phi) is 4.20. The van der Waals surface area contributed by atoms with Crippen molar-refractivity contribution in [3.05, 3.63) is 24.3 Å². The molecule has 4 heteroatoms. The maximum absolute atomic E-state index is 10.9. The summed E-state index contributed by atoms with van der Waals surface area (Å²) in [6.45, 7) is 3.69. The summed E-state index contributed by atoms with van der Waals surface area (Å²) < 4.78 is 5.92. The van der Waals surface area contributed by atoms with Crippen LogP contribution in [0.3, 0.4) is 0 Å². The Morgan fingerprint density at radius 1 is 1.28 bits per heavy atom. The van der Waals surface area contributed by atoms with Crippen molar-refractivity contribution in [2.45, 2.75) is 25.9 Å². The van der Waals surface area contributed by atoms with Crippen LogP contribution in [0.2, 0.25) is 0 Å². The Balaban J connectivity index is 1.88. The molecule has 2 rings (SSSR count). The van der Waals surface area contributed by atoms with E-state index in [9.17, 15) is 4.79 Å². The van der Waals surface area contributed by atoms with Gasteiger partial charge in [-0.05, 0) is 44.2 Å². The highest BCUT2D eigenvalue weighted by atomic mass is 16.5. The van der Waals surface area contributed by atoms with E-state index >= 15 is 0 Å². The largest absolute Gasteiger partial charge is 0.490 e. The van der Waals surface area contributed by atoms with E-state index in [1.54, 1.807) is 0 Å². The van der Waals surface area contributed by atoms with E-state index in [1.165, 1.54) is 6.92 Å². The second-order valence-corrected chi connectivity index (χ2v) is 4.83. The van der Waals surface area contributed by atoms with Crippen LogP contribution in [-0.4, -0.2) is 37.0 Å². The molecule has 1 aliphatic rings. The molecule has 4 nitrogen and oxygen atoms in total. The second kappa shape index (κ2) is 5.87. The van der Waals surface area contributed by atoms with E-state index in [4.69, 9.17) is 4.74 Å². The van der Waals surface area contributed by atoms with Crippen molar-refractivity contribution in [2.75, 3.05) is 25.5 Å². The third-order valence-corrected chi connectivity index (χ3v) is 3.14. The smallest absolute Gasteiger partial charge is 0.221 e. The molecule has 1 amide bonds. The van der Waals surface area contributed by atoms with Crippen LogP contribution in [-0.2, 0) is 4.79 Å². The highest BCUT2D eigenvalue weighted by molar-refractivity contribution is 5.88. The van der Waals surface area contributed by atoms with E-state index in [2.05, 4.69) is 17.3 Å². The number of nitrogens with zero attached hydrogens (tertiary/aromatic N) is 1. The van der Waals surface area contributed by atoms with E-state index in [1.807, 2.05) is 24.3 Å². The Bertz CT molecular complexity index is 395. The van der Waals surface area contributed by atoms with Gasteiger partial charge in [-0.2, -0.15) is 0 Å². The van der Waals surface area contributed by atoms with Crippen LogP contribution < -0.4 is 10.1 Å². The first-order chi connectivity index (χ1) is 8.63. The predicted octanol–water partition coefficient (Wildman–Crippen LogP) is 2.12. The van der Waals surface area contributed by atoms with Crippen molar-refractivity contribution in [3.8, 4) is 5.75 Å². The van der Waals surface area contributed by atoms with Crippen molar-refractivity contribution >= 4 is 11.6 Å². The number of nitrogens with one attached hydrogen (secondary N) is 1. The first kappa shape index (κ1) is 12.9. The molecule has 0 spiro atoms. The van der Waals surface area contributed by atoms with Crippen LogP contribution in [0.5, 0.6) is 5.75 Å². The van der Waals surface area contributed by atoms with Crippen LogP contribution in [0.15, 0.2) is 24.3 Å². The molecule has 1 fully saturated rings. The first-order valence-corrected chi connectivity index (χ1v) is 6.36. The molecule has 1 heterocycles. The van der Waals surface area contributed by atoms with Crippen molar-refractivity contribution < 1.29 is 9.53 Å². The van der Waals surface area contributed by atoms with Crippen LogP contribution in [0.4, 0.5) is 5.69 Å². The van der Waals surface area contributed by atoms with Gasteiger partial charge in [-0.25, -0.2) is 0 Å². The molecular formula is C14H20N2O2. The molecule has 0 saturated carbocycles. The van der Waals surface area contributed by atoms with E-state index in [0.717, 1.165) is 37.4 Å². The van der Waals surface area contributed by atoms with Gasteiger partial charge >= 0.3 is 0 Å². The third-order valence-electron chi connectivity index (χ3n) is 3.14. The van der Waals surface area contributed by atoms with Crippen molar-refractivity contribution in [1.82, 2.24) is 4.90 Å². The number of ether oxygens (including phenoxy) is 1. The lowest BCUT2D eigenvalue weighted by Gasteiger charge is -2.29. The average molecular weight is 248 g/mol. The maximum Gasteiger partial charge on any atom is 0.221 e. The fourth-order valence-corrected chi connectivity index (χ4v) is 2.12. The van der Waals surface area contributed by atoms with Gasteiger partial charge in [-0.3, -0.25) is 4.79 Å². The summed E-state index contributed by atoms with van der Waals surface area (Å²) in [5.41, 5.74) is 0.804. The topological polar surface area (TPSA) is 41.6 Å². The van der Waals surface area contributed by atoms with Crippen LogP contribution in [0.1, 0.15) is 19.8 Å². The van der Waals surface area contributed by atoms with Gasteiger partial charge in [0.1, 0.15) is 11.9 Å². The lowest BCUT2D eigenvalue weighted by Crippen LogP contribution is -2.35. The number of piperidine rings is 1. The van der Waals surface area contributed by atoms with Crippen LogP contribution in [0.25, 0.3) is 0 Å². The molecule has 0 bridgehead atoms. The zero-order chi connectivity index (χ0) is 13.0. The third kappa shape index (κ3) is 3.74. The summed E-state index contributed by atoms with van der Waals surface area (Å²) in [6, 6.07) is 7.55. The number of rotatable bonds is 3. The summed E-state index contributed by atoms with van der Waals surface area (Å²) in [5, 5.41) is 2.74. The molecule has 0 radical (unpaired) electrons. The quantitative estimate of drug-likeness (QED) is 0.891. The summed E-state index contributed by atoms with van der Waals surface area (Å²) in [6.07, 6.45) is 2.46. The minimum Gasteiger partial charge on any atom is -0.490 e. The summed E-state index contributed by atoms with van der Waals surface area (Å²) in [7, 11) is 2.14. The highest BCUT2D eigenvalue weighted by Crippen LogP contribution is 2.20. The fourth-order valence-electron chi connectivity index (χ4n) is 2.12. The molecule has 18 heavy (non-hydrogen) atoms. The van der Waals surface area contributed by atoms with Gasteiger partial charge in [0.2, 0.25) is 5.91 Å². The molecule has 1 aromatic carbocycles. The normalized spacial score (nSPS) is 17.4. The molecule has 0 atom stereocenters. The van der Waals surface area contributed by atoms with Gasteiger partial charge in [0.05, 0.1) is 0 Å². The van der Waals surface area contributed by atoms with Crippen LogP contribution in [0, 0.1) is 0 Å².